The average molecular weight is 178 g/mol. The highest BCUT2D eigenvalue weighted by atomic mass is 16.1. The Labute approximate surface area is 80.5 Å². The molecule has 0 aliphatic heterocycles. The quantitative estimate of drug-likeness (QED) is 0.593. The zero-order chi connectivity index (χ0) is 9.84. The molecule has 1 rings (SSSR count). The van der Waals surface area contributed by atoms with Crippen molar-refractivity contribution in [2.75, 3.05) is 0 Å². The normalized spacial score (nSPS) is 25.9. The first-order valence-electron chi connectivity index (χ1n) is 4.95. The van der Waals surface area contributed by atoms with Crippen molar-refractivity contribution in [1.29, 1.82) is 0 Å². The topological polar surface area (TPSA) is 17.1 Å². The summed E-state index contributed by atoms with van der Waals surface area (Å²) < 4.78 is 0. The predicted octanol–water partition coefficient (Wildman–Crippen LogP) is 3.27. The molecule has 0 radical (unpaired) electrons. The van der Waals surface area contributed by atoms with Crippen molar-refractivity contribution in [2.45, 2.75) is 40.0 Å². The lowest BCUT2D eigenvalue weighted by Gasteiger charge is -2.19. The van der Waals surface area contributed by atoms with Crippen molar-refractivity contribution >= 4 is 5.78 Å². The zero-order valence-electron chi connectivity index (χ0n) is 8.76. The molecule has 0 amide bonds. The van der Waals surface area contributed by atoms with Crippen molar-refractivity contribution in [1.82, 2.24) is 0 Å². The summed E-state index contributed by atoms with van der Waals surface area (Å²) in [5.74, 6) is 0.791. The Morgan fingerprint density at radius 1 is 1.62 bits per heavy atom. The molecule has 0 saturated carbocycles. The molecule has 0 aromatic carbocycles. The van der Waals surface area contributed by atoms with E-state index in [0.29, 0.717) is 12.3 Å². The molecule has 1 unspecified atom stereocenters. The van der Waals surface area contributed by atoms with E-state index < -0.39 is 0 Å². The maximum absolute atomic E-state index is 10.8. The van der Waals surface area contributed by atoms with E-state index in [2.05, 4.69) is 26.0 Å². The summed E-state index contributed by atoms with van der Waals surface area (Å²) in [6, 6.07) is 0. The second kappa shape index (κ2) is 4.40. The fraction of sp³-hybridized carbons (Fsp3) is 0.583. The molecule has 1 heteroatoms. The molecular weight excluding hydrogens is 160 g/mol. The van der Waals surface area contributed by atoms with E-state index in [9.17, 15) is 4.79 Å². The largest absolute Gasteiger partial charge is 0.300 e. The maximum Gasteiger partial charge on any atom is 0.133 e. The molecule has 0 spiro atoms. The van der Waals surface area contributed by atoms with Crippen molar-refractivity contribution in [3.8, 4) is 0 Å². The van der Waals surface area contributed by atoms with E-state index in [1.807, 2.05) is 0 Å². The molecule has 0 saturated heterocycles. The minimum absolute atomic E-state index is 0.256. The van der Waals surface area contributed by atoms with Gasteiger partial charge >= 0.3 is 0 Å². The van der Waals surface area contributed by atoms with Crippen LogP contribution in [0.5, 0.6) is 0 Å². The van der Waals surface area contributed by atoms with Crippen LogP contribution >= 0.6 is 0 Å². The molecule has 1 aliphatic rings. The standard InChI is InChI=1S/C12H18O/c1-9-4-6-12(10(2)8-9)7-5-11(3)13/h7-8,10H,4-6H2,1-3H3/b12-7+. The van der Waals surface area contributed by atoms with Crippen LogP contribution in [0.3, 0.4) is 0 Å². The Bertz CT molecular complexity index is 258. The summed E-state index contributed by atoms with van der Waals surface area (Å²) in [6.45, 7) is 6.03. The van der Waals surface area contributed by atoms with Crippen molar-refractivity contribution < 1.29 is 4.79 Å². The highest BCUT2D eigenvalue weighted by Gasteiger charge is 2.11. The number of hydrogen-bond donors (Lipinski definition) is 0. The van der Waals surface area contributed by atoms with Crippen molar-refractivity contribution in [2.24, 2.45) is 5.92 Å². The summed E-state index contributed by atoms with van der Waals surface area (Å²) in [4.78, 5) is 10.8. The lowest BCUT2D eigenvalue weighted by molar-refractivity contribution is -0.116. The fourth-order valence-electron chi connectivity index (χ4n) is 1.75. The van der Waals surface area contributed by atoms with Crippen LogP contribution in [0.15, 0.2) is 23.3 Å². The van der Waals surface area contributed by atoms with Crippen LogP contribution in [0.1, 0.15) is 40.0 Å². The Morgan fingerprint density at radius 3 is 2.85 bits per heavy atom. The van der Waals surface area contributed by atoms with E-state index in [-0.39, 0.29) is 5.78 Å². The average Bonchev–Trinajstić information content (AvgIpc) is 2.02. The van der Waals surface area contributed by atoms with Gasteiger partial charge in [0.25, 0.3) is 0 Å². The Morgan fingerprint density at radius 2 is 2.31 bits per heavy atom. The van der Waals surface area contributed by atoms with Gasteiger partial charge in [-0.2, -0.15) is 0 Å². The van der Waals surface area contributed by atoms with Crippen LogP contribution in [0.25, 0.3) is 0 Å². The van der Waals surface area contributed by atoms with Crippen LogP contribution in [-0.4, -0.2) is 5.78 Å². The third-order valence-electron chi connectivity index (χ3n) is 2.58. The van der Waals surface area contributed by atoms with E-state index in [4.69, 9.17) is 0 Å². The van der Waals surface area contributed by atoms with Gasteiger partial charge in [0, 0.05) is 6.42 Å². The smallest absolute Gasteiger partial charge is 0.133 e. The minimum atomic E-state index is 0.256. The van der Waals surface area contributed by atoms with Gasteiger partial charge in [-0.1, -0.05) is 30.2 Å². The Hall–Kier alpha value is -0.850. The van der Waals surface area contributed by atoms with Gasteiger partial charge in [-0.3, -0.25) is 4.79 Å². The summed E-state index contributed by atoms with van der Waals surface area (Å²) in [7, 11) is 0. The summed E-state index contributed by atoms with van der Waals surface area (Å²) in [5.41, 5.74) is 2.91. The molecule has 0 heterocycles. The first-order valence-corrected chi connectivity index (χ1v) is 4.95. The van der Waals surface area contributed by atoms with Crippen LogP contribution < -0.4 is 0 Å². The second-order valence-corrected chi connectivity index (χ2v) is 3.99. The van der Waals surface area contributed by atoms with E-state index in [1.54, 1.807) is 6.92 Å². The molecule has 0 aromatic heterocycles. The fourth-order valence-corrected chi connectivity index (χ4v) is 1.75. The molecule has 1 atom stereocenters. The molecule has 1 aliphatic carbocycles. The van der Waals surface area contributed by atoms with Crippen molar-refractivity contribution in [3.63, 3.8) is 0 Å². The van der Waals surface area contributed by atoms with Gasteiger partial charge in [-0.15, -0.1) is 0 Å². The van der Waals surface area contributed by atoms with Gasteiger partial charge in [-0.25, -0.2) is 0 Å². The molecule has 0 bridgehead atoms. The lowest BCUT2D eigenvalue weighted by Crippen LogP contribution is -2.04. The van der Waals surface area contributed by atoms with Crippen LogP contribution in [-0.2, 0) is 4.79 Å². The number of hydrogen-bond acceptors (Lipinski definition) is 1. The maximum atomic E-state index is 10.8. The number of carbonyl (C=O) groups is 1. The van der Waals surface area contributed by atoms with E-state index in [1.165, 1.54) is 11.1 Å². The van der Waals surface area contributed by atoms with Gasteiger partial charge < -0.3 is 0 Å². The van der Waals surface area contributed by atoms with Gasteiger partial charge in [0.2, 0.25) is 0 Å². The number of ketones is 1. The van der Waals surface area contributed by atoms with Crippen LogP contribution in [0.2, 0.25) is 0 Å². The summed E-state index contributed by atoms with van der Waals surface area (Å²) in [5, 5.41) is 0. The minimum Gasteiger partial charge on any atom is -0.300 e. The molecule has 72 valence electrons. The predicted molar refractivity (Wildman–Crippen MR) is 55.5 cm³/mol. The lowest BCUT2D eigenvalue weighted by atomic mass is 9.87. The molecule has 13 heavy (non-hydrogen) atoms. The van der Waals surface area contributed by atoms with Crippen LogP contribution in [0.4, 0.5) is 0 Å². The molecule has 0 N–H and O–H groups in total. The zero-order valence-corrected chi connectivity index (χ0v) is 8.76. The van der Waals surface area contributed by atoms with Crippen LogP contribution in [0, 0.1) is 5.92 Å². The number of allylic oxidation sites excluding steroid dienone is 4. The molecule has 1 nitrogen and oxygen atoms in total. The van der Waals surface area contributed by atoms with E-state index >= 15 is 0 Å². The molecule has 0 fully saturated rings. The van der Waals surface area contributed by atoms with Gasteiger partial charge in [0.1, 0.15) is 5.78 Å². The number of Topliss-reactive ketones (excluding diaryl/α,β-unsaturated/α-hetero) is 1. The highest BCUT2D eigenvalue weighted by Crippen LogP contribution is 2.27. The SMILES string of the molecule is CC(=O)C/C=C1\CCC(C)=CC1C. The Balaban J connectivity index is 2.62. The third kappa shape index (κ3) is 3.17. The van der Waals surface area contributed by atoms with Gasteiger partial charge in [-0.05, 0) is 32.6 Å². The Kier molecular flexibility index (Phi) is 3.47. The number of rotatable bonds is 2. The first kappa shape index (κ1) is 10.2. The second-order valence-electron chi connectivity index (χ2n) is 3.99. The highest BCUT2D eigenvalue weighted by molar-refractivity contribution is 5.77. The van der Waals surface area contributed by atoms with Gasteiger partial charge in [0.05, 0.1) is 0 Å². The van der Waals surface area contributed by atoms with E-state index in [0.717, 1.165) is 12.8 Å². The monoisotopic (exact) mass is 178 g/mol. The van der Waals surface area contributed by atoms with Crippen molar-refractivity contribution in [3.05, 3.63) is 23.3 Å². The summed E-state index contributed by atoms with van der Waals surface area (Å²) >= 11 is 0. The first-order chi connectivity index (χ1) is 6.09. The summed E-state index contributed by atoms with van der Waals surface area (Å²) in [6.07, 6.45) is 7.31. The molecule has 0 aromatic rings. The molecular formula is C12H18O. The number of carbonyl (C=O) groups excluding carboxylic acids is 1. The van der Waals surface area contributed by atoms with Gasteiger partial charge in [0.15, 0.2) is 0 Å². The third-order valence-corrected chi connectivity index (χ3v) is 2.58.